The number of hydrogen-bond acceptors (Lipinski definition) is 2. The highest BCUT2D eigenvalue weighted by molar-refractivity contribution is 5.60. The van der Waals surface area contributed by atoms with Crippen LogP contribution in [0.25, 0.3) is 5.52 Å². The van der Waals surface area contributed by atoms with Gasteiger partial charge >= 0.3 is 0 Å². The first-order valence-electron chi connectivity index (χ1n) is 3.66. The maximum Gasteiger partial charge on any atom is 0.101 e. The zero-order valence-corrected chi connectivity index (χ0v) is 6.65. The summed E-state index contributed by atoms with van der Waals surface area (Å²) in [5.41, 5.74) is 2.57. The summed E-state index contributed by atoms with van der Waals surface area (Å²) < 4.78 is 1.76. The minimum Gasteiger partial charge on any atom is -0.237 e. The van der Waals surface area contributed by atoms with Crippen LogP contribution in [-0.2, 0) is 0 Å². The van der Waals surface area contributed by atoms with Gasteiger partial charge in [-0.3, -0.25) is 0 Å². The average molecular weight is 157 g/mol. The molecule has 2 heterocycles. The van der Waals surface area contributed by atoms with Crippen molar-refractivity contribution in [3.8, 4) is 6.07 Å². The molecule has 0 radical (unpaired) electrons. The summed E-state index contributed by atoms with van der Waals surface area (Å²) in [6.45, 7) is 1.96. The summed E-state index contributed by atoms with van der Waals surface area (Å²) in [5.74, 6) is 0. The molecule has 3 heteroatoms. The van der Waals surface area contributed by atoms with Crippen LogP contribution in [0.1, 0.15) is 11.3 Å². The zero-order chi connectivity index (χ0) is 8.55. The number of rotatable bonds is 0. The number of hydrogen-bond donors (Lipinski definition) is 0. The van der Waals surface area contributed by atoms with E-state index in [0.29, 0.717) is 5.56 Å². The quantitative estimate of drug-likeness (QED) is 0.581. The Balaban J connectivity index is 2.94. The maximum absolute atomic E-state index is 8.75. The molecule has 0 aliphatic carbocycles. The van der Waals surface area contributed by atoms with E-state index in [1.807, 2.05) is 25.1 Å². The fourth-order valence-corrected chi connectivity index (χ4v) is 1.24. The molecule has 0 unspecified atom stereocenters. The molecule has 0 aliphatic heterocycles. The smallest absolute Gasteiger partial charge is 0.101 e. The summed E-state index contributed by atoms with van der Waals surface area (Å²) in [5, 5.41) is 12.8. The van der Waals surface area contributed by atoms with Crippen molar-refractivity contribution < 1.29 is 0 Å². The van der Waals surface area contributed by atoms with E-state index < -0.39 is 0 Å². The van der Waals surface area contributed by atoms with Crippen molar-refractivity contribution in [2.45, 2.75) is 6.92 Å². The van der Waals surface area contributed by atoms with Crippen molar-refractivity contribution in [3.63, 3.8) is 0 Å². The number of aromatic nitrogens is 2. The monoisotopic (exact) mass is 157 g/mol. The van der Waals surface area contributed by atoms with Crippen LogP contribution in [0.2, 0.25) is 0 Å². The molecular weight excluding hydrogens is 150 g/mol. The molecule has 2 rings (SSSR count). The van der Waals surface area contributed by atoms with Gasteiger partial charge in [-0.05, 0) is 25.1 Å². The van der Waals surface area contributed by atoms with Gasteiger partial charge in [0.2, 0.25) is 0 Å². The van der Waals surface area contributed by atoms with Crippen LogP contribution < -0.4 is 0 Å². The molecule has 0 atom stereocenters. The van der Waals surface area contributed by atoms with Gasteiger partial charge in [0.25, 0.3) is 0 Å². The fourth-order valence-electron chi connectivity index (χ4n) is 1.24. The van der Waals surface area contributed by atoms with Crippen LogP contribution >= 0.6 is 0 Å². The molecule has 0 fully saturated rings. The molecule has 0 saturated heterocycles. The largest absolute Gasteiger partial charge is 0.237 e. The first-order chi connectivity index (χ1) is 5.83. The second-order valence-electron chi connectivity index (χ2n) is 2.63. The van der Waals surface area contributed by atoms with Crippen molar-refractivity contribution >= 4 is 5.52 Å². The Hall–Kier alpha value is -1.82. The van der Waals surface area contributed by atoms with Gasteiger partial charge in [0.15, 0.2) is 0 Å². The second kappa shape index (κ2) is 2.35. The van der Waals surface area contributed by atoms with Gasteiger partial charge in [-0.15, -0.1) is 0 Å². The lowest BCUT2D eigenvalue weighted by Gasteiger charge is -1.98. The Morgan fingerprint density at radius 1 is 1.42 bits per heavy atom. The van der Waals surface area contributed by atoms with E-state index >= 15 is 0 Å². The molecule has 0 amide bonds. The van der Waals surface area contributed by atoms with Crippen LogP contribution in [0, 0.1) is 18.3 Å². The second-order valence-corrected chi connectivity index (χ2v) is 2.63. The lowest BCUT2D eigenvalue weighted by molar-refractivity contribution is 0.913. The van der Waals surface area contributed by atoms with E-state index in [1.54, 1.807) is 10.7 Å². The molecule has 0 aliphatic rings. The van der Waals surface area contributed by atoms with E-state index in [0.717, 1.165) is 11.2 Å². The van der Waals surface area contributed by atoms with Gasteiger partial charge in [0, 0.05) is 5.69 Å². The van der Waals surface area contributed by atoms with Gasteiger partial charge < -0.3 is 0 Å². The molecule has 0 bridgehead atoms. The topological polar surface area (TPSA) is 41.1 Å². The van der Waals surface area contributed by atoms with Gasteiger partial charge in [-0.2, -0.15) is 10.4 Å². The third-order valence-corrected chi connectivity index (χ3v) is 1.86. The van der Waals surface area contributed by atoms with Crippen molar-refractivity contribution in [1.82, 2.24) is 9.61 Å². The predicted molar refractivity (Wildman–Crippen MR) is 44.6 cm³/mol. The number of aryl methyl sites for hydroxylation is 1. The Kier molecular flexibility index (Phi) is 1.34. The molecule has 0 spiro atoms. The third kappa shape index (κ3) is 0.785. The van der Waals surface area contributed by atoms with Crippen molar-refractivity contribution in [3.05, 3.63) is 35.7 Å². The van der Waals surface area contributed by atoms with E-state index in [4.69, 9.17) is 5.26 Å². The standard InChI is InChI=1S/C9H7N3/c1-7-2-3-8(6-10)9-4-5-11-12(7)9/h2-5H,1H3. The van der Waals surface area contributed by atoms with E-state index in [2.05, 4.69) is 11.2 Å². The number of pyridine rings is 1. The predicted octanol–water partition coefficient (Wildman–Crippen LogP) is 1.51. The van der Waals surface area contributed by atoms with Crippen LogP contribution in [0.5, 0.6) is 0 Å². The molecule has 12 heavy (non-hydrogen) atoms. The van der Waals surface area contributed by atoms with Crippen LogP contribution in [-0.4, -0.2) is 9.61 Å². The molecule has 2 aromatic heterocycles. The highest BCUT2D eigenvalue weighted by Crippen LogP contribution is 2.10. The SMILES string of the molecule is Cc1ccc(C#N)c2ccnn12. The van der Waals surface area contributed by atoms with Gasteiger partial charge in [0.1, 0.15) is 6.07 Å². The first-order valence-corrected chi connectivity index (χ1v) is 3.66. The number of fused-ring (bicyclic) bond motifs is 1. The highest BCUT2D eigenvalue weighted by Gasteiger charge is 2.01. The van der Waals surface area contributed by atoms with Crippen LogP contribution in [0.4, 0.5) is 0 Å². The van der Waals surface area contributed by atoms with Gasteiger partial charge in [-0.1, -0.05) is 0 Å². The summed E-state index contributed by atoms with van der Waals surface area (Å²) in [6.07, 6.45) is 1.70. The van der Waals surface area contributed by atoms with Crippen molar-refractivity contribution in [1.29, 1.82) is 5.26 Å². The van der Waals surface area contributed by atoms with E-state index in [9.17, 15) is 0 Å². The molecule has 0 aromatic carbocycles. The van der Waals surface area contributed by atoms with Crippen molar-refractivity contribution in [2.75, 3.05) is 0 Å². The minimum absolute atomic E-state index is 0.665. The first kappa shape index (κ1) is 6.86. The van der Waals surface area contributed by atoms with Crippen LogP contribution in [0.15, 0.2) is 24.4 Å². The summed E-state index contributed by atoms with van der Waals surface area (Å²) in [7, 11) is 0. The fraction of sp³-hybridized carbons (Fsp3) is 0.111. The van der Waals surface area contributed by atoms with Crippen molar-refractivity contribution in [2.24, 2.45) is 0 Å². The summed E-state index contributed by atoms with van der Waals surface area (Å²) in [6, 6.07) is 7.66. The Labute approximate surface area is 69.9 Å². The lowest BCUT2D eigenvalue weighted by atomic mass is 10.2. The molecule has 0 saturated carbocycles. The molecule has 0 N–H and O–H groups in total. The lowest BCUT2D eigenvalue weighted by Crippen LogP contribution is -1.93. The molecular formula is C9H7N3. The zero-order valence-electron chi connectivity index (χ0n) is 6.65. The van der Waals surface area contributed by atoms with E-state index in [1.165, 1.54) is 0 Å². The Morgan fingerprint density at radius 3 is 3.00 bits per heavy atom. The maximum atomic E-state index is 8.75. The van der Waals surface area contributed by atoms with Gasteiger partial charge in [0.05, 0.1) is 17.3 Å². The van der Waals surface area contributed by atoms with E-state index in [-0.39, 0.29) is 0 Å². The number of nitrogens with zero attached hydrogens (tertiary/aromatic N) is 3. The average Bonchev–Trinajstić information content (AvgIpc) is 2.54. The van der Waals surface area contributed by atoms with Gasteiger partial charge in [-0.25, -0.2) is 4.52 Å². The molecule has 2 aromatic rings. The van der Waals surface area contributed by atoms with Crippen LogP contribution in [0.3, 0.4) is 0 Å². The summed E-state index contributed by atoms with van der Waals surface area (Å²) >= 11 is 0. The Morgan fingerprint density at radius 2 is 2.25 bits per heavy atom. The number of nitriles is 1. The minimum atomic E-state index is 0.665. The summed E-state index contributed by atoms with van der Waals surface area (Å²) in [4.78, 5) is 0. The molecule has 3 nitrogen and oxygen atoms in total. The third-order valence-electron chi connectivity index (χ3n) is 1.86. The highest BCUT2D eigenvalue weighted by atomic mass is 15.2. The Bertz CT molecular complexity index is 462. The normalized spacial score (nSPS) is 10.0. The molecule has 58 valence electrons.